The Labute approximate surface area is 101 Å². The van der Waals surface area contributed by atoms with Crippen LogP contribution >= 0.6 is 11.8 Å². The monoisotopic (exact) mass is 241 g/mol. The number of aromatic nitrogens is 2. The van der Waals surface area contributed by atoms with E-state index in [1.807, 2.05) is 12.3 Å². The van der Waals surface area contributed by atoms with Crippen molar-refractivity contribution in [2.45, 2.75) is 25.7 Å². The number of nitrogens with one attached hydrogen (secondary N) is 1. The largest absolute Gasteiger partial charge is 0.378 e. The Morgan fingerprint density at radius 1 is 1.44 bits per heavy atom. The first-order valence-electron chi connectivity index (χ1n) is 5.38. The molecular formula is C11H19N3OS. The Morgan fingerprint density at radius 2 is 2.25 bits per heavy atom. The third-order valence-electron chi connectivity index (χ3n) is 1.95. The van der Waals surface area contributed by atoms with E-state index in [2.05, 4.69) is 22.2 Å². The first kappa shape index (κ1) is 13.3. The highest BCUT2D eigenvalue weighted by Crippen LogP contribution is 2.11. The van der Waals surface area contributed by atoms with Crippen LogP contribution in [-0.4, -0.2) is 29.9 Å². The molecule has 0 saturated carbocycles. The van der Waals surface area contributed by atoms with Gasteiger partial charge in [0.05, 0.1) is 18.1 Å². The smallest absolute Gasteiger partial charge is 0.140 e. The Morgan fingerprint density at radius 3 is 2.88 bits per heavy atom. The molecule has 0 aliphatic heterocycles. The zero-order chi connectivity index (χ0) is 11.8. The molecule has 0 fully saturated rings. The Kier molecular flexibility index (Phi) is 6.18. The normalized spacial score (nSPS) is 10.4. The molecule has 1 N–H and O–H groups in total. The van der Waals surface area contributed by atoms with Crippen molar-refractivity contribution in [2.75, 3.05) is 25.2 Å². The maximum atomic E-state index is 5.10. The minimum atomic E-state index is 0.532. The minimum absolute atomic E-state index is 0.532. The van der Waals surface area contributed by atoms with Crippen molar-refractivity contribution in [3.05, 3.63) is 17.6 Å². The number of ether oxygens (including phenoxy) is 1. The summed E-state index contributed by atoms with van der Waals surface area (Å²) >= 11 is 1.72. The van der Waals surface area contributed by atoms with E-state index >= 15 is 0 Å². The molecule has 16 heavy (non-hydrogen) atoms. The standard InChI is InChI=1S/C11H19N3OS/c1-4-5-12-10-6-9(7-15-2)13-11(14-10)8-16-3/h6H,4-5,7-8H2,1-3H3,(H,12,13,14). The van der Waals surface area contributed by atoms with E-state index in [4.69, 9.17) is 4.74 Å². The van der Waals surface area contributed by atoms with Gasteiger partial charge in [0, 0.05) is 19.7 Å². The molecule has 0 aliphatic rings. The molecule has 0 spiro atoms. The van der Waals surface area contributed by atoms with Gasteiger partial charge in [0.2, 0.25) is 0 Å². The molecule has 1 rings (SSSR count). The highest BCUT2D eigenvalue weighted by molar-refractivity contribution is 7.97. The highest BCUT2D eigenvalue weighted by atomic mass is 32.2. The molecule has 0 atom stereocenters. The van der Waals surface area contributed by atoms with Crippen LogP contribution in [0, 0.1) is 0 Å². The second-order valence-corrected chi connectivity index (χ2v) is 4.32. The molecule has 0 amide bonds. The summed E-state index contributed by atoms with van der Waals surface area (Å²) in [6.45, 7) is 3.60. The summed E-state index contributed by atoms with van der Waals surface area (Å²) < 4.78 is 5.10. The summed E-state index contributed by atoms with van der Waals surface area (Å²) in [5.74, 6) is 2.59. The van der Waals surface area contributed by atoms with Gasteiger partial charge in [-0.1, -0.05) is 6.92 Å². The quantitative estimate of drug-likeness (QED) is 0.793. The molecule has 1 aromatic heterocycles. The summed E-state index contributed by atoms with van der Waals surface area (Å²) in [4.78, 5) is 8.87. The van der Waals surface area contributed by atoms with Crippen LogP contribution in [0.5, 0.6) is 0 Å². The lowest BCUT2D eigenvalue weighted by Gasteiger charge is -2.08. The predicted octanol–water partition coefficient (Wildman–Crippen LogP) is 2.31. The molecule has 0 aliphatic carbocycles. The lowest BCUT2D eigenvalue weighted by molar-refractivity contribution is 0.181. The van der Waals surface area contributed by atoms with Crippen LogP contribution in [-0.2, 0) is 17.1 Å². The van der Waals surface area contributed by atoms with Crippen molar-refractivity contribution < 1.29 is 4.74 Å². The van der Waals surface area contributed by atoms with Crippen LogP contribution in [0.4, 0.5) is 5.82 Å². The van der Waals surface area contributed by atoms with Crippen molar-refractivity contribution in [1.82, 2.24) is 9.97 Å². The van der Waals surface area contributed by atoms with Gasteiger partial charge in [-0.2, -0.15) is 11.8 Å². The van der Waals surface area contributed by atoms with Crippen LogP contribution in [0.15, 0.2) is 6.07 Å². The van der Waals surface area contributed by atoms with Crippen molar-refractivity contribution >= 4 is 17.6 Å². The van der Waals surface area contributed by atoms with Gasteiger partial charge < -0.3 is 10.1 Å². The van der Waals surface area contributed by atoms with E-state index in [9.17, 15) is 0 Å². The molecule has 4 nitrogen and oxygen atoms in total. The van der Waals surface area contributed by atoms with E-state index in [0.717, 1.165) is 36.1 Å². The van der Waals surface area contributed by atoms with E-state index in [-0.39, 0.29) is 0 Å². The van der Waals surface area contributed by atoms with E-state index in [1.165, 1.54) is 0 Å². The molecule has 90 valence electrons. The number of thioether (sulfide) groups is 1. The molecule has 1 aromatic rings. The maximum absolute atomic E-state index is 5.10. The fourth-order valence-corrected chi connectivity index (χ4v) is 1.70. The van der Waals surface area contributed by atoms with Crippen molar-refractivity contribution in [3.8, 4) is 0 Å². The molecule has 0 radical (unpaired) electrons. The van der Waals surface area contributed by atoms with Gasteiger partial charge in [-0.25, -0.2) is 9.97 Å². The number of rotatable bonds is 7. The lowest BCUT2D eigenvalue weighted by atomic mass is 10.4. The number of hydrogen-bond donors (Lipinski definition) is 1. The van der Waals surface area contributed by atoms with Gasteiger partial charge in [-0.05, 0) is 12.7 Å². The van der Waals surface area contributed by atoms with Gasteiger partial charge in [-0.15, -0.1) is 0 Å². The summed E-state index contributed by atoms with van der Waals surface area (Å²) in [6, 6.07) is 1.95. The molecule has 0 saturated heterocycles. The van der Waals surface area contributed by atoms with Crippen LogP contribution in [0.2, 0.25) is 0 Å². The van der Waals surface area contributed by atoms with Crippen LogP contribution in [0.3, 0.4) is 0 Å². The van der Waals surface area contributed by atoms with Crippen LogP contribution in [0.1, 0.15) is 24.9 Å². The molecule has 1 heterocycles. The topological polar surface area (TPSA) is 47.0 Å². The second kappa shape index (κ2) is 7.46. The molecule has 0 bridgehead atoms. The third kappa shape index (κ3) is 4.37. The SMILES string of the molecule is CCCNc1cc(COC)nc(CSC)n1. The second-order valence-electron chi connectivity index (χ2n) is 3.45. The number of methoxy groups -OCH3 is 1. The minimum Gasteiger partial charge on any atom is -0.378 e. The first-order valence-corrected chi connectivity index (χ1v) is 6.78. The highest BCUT2D eigenvalue weighted by Gasteiger charge is 2.03. The third-order valence-corrected chi connectivity index (χ3v) is 2.49. The van der Waals surface area contributed by atoms with Gasteiger partial charge in [0.1, 0.15) is 11.6 Å². The fraction of sp³-hybridized carbons (Fsp3) is 0.636. The van der Waals surface area contributed by atoms with Gasteiger partial charge in [0.15, 0.2) is 0 Å². The zero-order valence-corrected chi connectivity index (χ0v) is 10.9. The van der Waals surface area contributed by atoms with Gasteiger partial charge in [0.25, 0.3) is 0 Å². The van der Waals surface area contributed by atoms with Crippen LogP contribution in [0.25, 0.3) is 0 Å². The van der Waals surface area contributed by atoms with E-state index in [1.54, 1.807) is 18.9 Å². The maximum Gasteiger partial charge on any atom is 0.140 e. The number of nitrogens with zero attached hydrogens (tertiary/aromatic N) is 2. The lowest BCUT2D eigenvalue weighted by Crippen LogP contribution is -2.07. The summed E-state index contributed by atoms with van der Waals surface area (Å²) in [5, 5.41) is 3.28. The summed E-state index contributed by atoms with van der Waals surface area (Å²) in [6.07, 6.45) is 3.13. The first-order chi connectivity index (χ1) is 7.80. The molecular weight excluding hydrogens is 222 g/mol. The summed E-state index contributed by atoms with van der Waals surface area (Å²) in [7, 11) is 1.68. The Bertz CT molecular complexity index is 296. The van der Waals surface area contributed by atoms with Gasteiger partial charge in [-0.3, -0.25) is 0 Å². The molecule has 0 unspecified atom stereocenters. The zero-order valence-electron chi connectivity index (χ0n) is 10.1. The summed E-state index contributed by atoms with van der Waals surface area (Å²) in [5.41, 5.74) is 0.931. The van der Waals surface area contributed by atoms with E-state index in [0.29, 0.717) is 6.61 Å². The molecule has 0 aromatic carbocycles. The predicted molar refractivity (Wildman–Crippen MR) is 68.7 cm³/mol. The van der Waals surface area contributed by atoms with E-state index < -0.39 is 0 Å². The number of anilines is 1. The Hall–Kier alpha value is -0.810. The van der Waals surface area contributed by atoms with Crippen molar-refractivity contribution in [1.29, 1.82) is 0 Å². The Balaban J connectivity index is 2.80. The number of hydrogen-bond acceptors (Lipinski definition) is 5. The van der Waals surface area contributed by atoms with Crippen LogP contribution < -0.4 is 5.32 Å². The average Bonchev–Trinajstić information content (AvgIpc) is 2.27. The molecule has 5 heteroatoms. The van der Waals surface area contributed by atoms with Crippen molar-refractivity contribution in [3.63, 3.8) is 0 Å². The van der Waals surface area contributed by atoms with Crippen molar-refractivity contribution in [2.24, 2.45) is 0 Å². The van der Waals surface area contributed by atoms with Gasteiger partial charge >= 0.3 is 0 Å². The fourth-order valence-electron chi connectivity index (χ4n) is 1.31. The average molecular weight is 241 g/mol.